The number of methoxy groups -OCH3 is 1. The van der Waals surface area contributed by atoms with Crippen molar-refractivity contribution < 1.29 is 22.8 Å². The number of ether oxygens (including phenoxy) is 1. The zero-order chi connectivity index (χ0) is 17.3. The molecule has 1 N–H and O–H groups in total. The van der Waals surface area contributed by atoms with Gasteiger partial charge < -0.3 is 14.2 Å². The molecule has 2 atom stereocenters. The molecular weight excluding hydrogens is 322 g/mol. The van der Waals surface area contributed by atoms with E-state index in [4.69, 9.17) is 9.26 Å². The average molecular weight is 338 g/mol. The van der Waals surface area contributed by atoms with Crippen molar-refractivity contribution in [2.24, 2.45) is 0 Å². The maximum atomic E-state index is 13.6. The predicted octanol–water partition coefficient (Wildman–Crippen LogP) is 2.93. The summed E-state index contributed by atoms with van der Waals surface area (Å²) in [6.45, 7) is 0.343. The second-order valence-corrected chi connectivity index (χ2v) is 5.69. The van der Waals surface area contributed by atoms with Crippen molar-refractivity contribution in [3.8, 4) is 0 Å². The van der Waals surface area contributed by atoms with Crippen LogP contribution in [0.3, 0.4) is 0 Å². The van der Waals surface area contributed by atoms with Gasteiger partial charge in [-0.05, 0) is 30.5 Å². The predicted molar refractivity (Wildman–Crippen MR) is 79.5 cm³/mol. The van der Waals surface area contributed by atoms with Gasteiger partial charge in [0.1, 0.15) is 5.76 Å². The first-order valence-corrected chi connectivity index (χ1v) is 7.47. The molecule has 8 heteroatoms. The van der Waals surface area contributed by atoms with Crippen LogP contribution in [0.2, 0.25) is 0 Å². The normalized spacial score (nSPS) is 20.9. The summed E-state index contributed by atoms with van der Waals surface area (Å²) in [6.07, 6.45) is 0.426. The lowest BCUT2D eigenvalue weighted by Gasteiger charge is -2.38. The number of carbonyl (C=O) groups is 1. The van der Waals surface area contributed by atoms with Crippen molar-refractivity contribution in [2.75, 3.05) is 13.7 Å². The lowest BCUT2D eigenvalue weighted by molar-refractivity contribution is 0.0813. The summed E-state index contributed by atoms with van der Waals surface area (Å²) in [5.41, 5.74) is 0.117. The van der Waals surface area contributed by atoms with Gasteiger partial charge in [0.25, 0.3) is 5.56 Å². The molecule has 1 aromatic carbocycles. The zero-order valence-electron chi connectivity index (χ0n) is 12.9. The first-order valence-electron chi connectivity index (χ1n) is 7.47. The number of nitrogens with one attached hydrogen (secondary N) is 1. The highest BCUT2D eigenvalue weighted by atomic mass is 19.2. The van der Waals surface area contributed by atoms with E-state index in [2.05, 4.69) is 5.16 Å². The molecule has 0 bridgehead atoms. The van der Waals surface area contributed by atoms with Crippen molar-refractivity contribution >= 4 is 6.09 Å². The Labute approximate surface area is 136 Å². The van der Waals surface area contributed by atoms with Crippen molar-refractivity contribution in [1.29, 1.82) is 0 Å². The van der Waals surface area contributed by atoms with Gasteiger partial charge >= 0.3 is 6.09 Å². The largest absolute Gasteiger partial charge is 0.453 e. The highest BCUT2D eigenvalue weighted by Gasteiger charge is 2.35. The monoisotopic (exact) mass is 338 g/mol. The van der Waals surface area contributed by atoms with Gasteiger partial charge in [-0.25, -0.2) is 13.6 Å². The quantitative estimate of drug-likeness (QED) is 0.913. The van der Waals surface area contributed by atoms with Crippen LogP contribution in [0, 0.1) is 11.6 Å². The van der Waals surface area contributed by atoms with Crippen LogP contribution in [-0.4, -0.2) is 29.8 Å². The molecule has 24 heavy (non-hydrogen) atoms. The Kier molecular flexibility index (Phi) is 4.37. The number of carbonyl (C=O) groups excluding carboxylic acids is 1. The zero-order valence-corrected chi connectivity index (χ0v) is 12.9. The molecule has 128 valence electrons. The molecule has 1 amide bonds. The molecule has 0 aliphatic carbocycles. The summed E-state index contributed by atoms with van der Waals surface area (Å²) in [7, 11) is 1.27. The molecule has 0 spiro atoms. The highest BCUT2D eigenvalue weighted by Crippen LogP contribution is 2.39. The van der Waals surface area contributed by atoms with Crippen molar-refractivity contribution in [2.45, 2.75) is 24.8 Å². The number of H-pyrrole nitrogens is 1. The number of amides is 1. The lowest BCUT2D eigenvalue weighted by Crippen LogP contribution is -2.40. The van der Waals surface area contributed by atoms with E-state index in [1.807, 2.05) is 0 Å². The maximum Gasteiger partial charge on any atom is 0.409 e. The number of halogens is 2. The molecule has 0 saturated carbocycles. The summed E-state index contributed by atoms with van der Waals surface area (Å²) < 4.78 is 36.7. The van der Waals surface area contributed by atoms with Gasteiger partial charge in [0, 0.05) is 18.5 Å². The summed E-state index contributed by atoms with van der Waals surface area (Å²) in [5, 5.41) is 2.24. The fourth-order valence-electron chi connectivity index (χ4n) is 3.09. The Morgan fingerprint density at radius 1 is 1.33 bits per heavy atom. The molecule has 1 saturated heterocycles. The number of hydrogen-bond acceptors (Lipinski definition) is 4. The lowest BCUT2D eigenvalue weighted by atomic mass is 9.86. The van der Waals surface area contributed by atoms with Crippen LogP contribution in [0.5, 0.6) is 0 Å². The number of rotatable bonds is 2. The van der Waals surface area contributed by atoms with Crippen LogP contribution in [0.4, 0.5) is 13.6 Å². The molecule has 1 fully saturated rings. The van der Waals surface area contributed by atoms with Crippen LogP contribution in [0.15, 0.2) is 33.6 Å². The number of hydrogen-bond donors (Lipinski definition) is 1. The SMILES string of the molecule is COC(=O)N1CC[C@H](c2cc(=O)[nH]o2)C[C@@H]1c1ccc(F)c(F)c1. The molecule has 2 aromatic rings. The Morgan fingerprint density at radius 2 is 2.12 bits per heavy atom. The van der Waals surface area contributed by atoms with Crippen LogP contribution in [0.1, 0.15) is 36.1 Å². The standard InChI is InChI=1S/C16H16F2N2O4/c1-23-16(22)20-5-4-10(14-8-15(21)19-24-14)7-13(20)9-2-3-11(17)12(18)6-9/h2-3,6,8,10,13H,4-5,7H2,1H3,(H,19,21)/t10-,13+/m0/s1. The van der Waals surface area contributed by atoms with E-state index in [0.717, 1.165) is 12.1 Å². The van der Waals surface area contributed by atoms with E-state index >= 15 is 0 Å². The molecular formula is C16H16F2N2O4. The van der Waals surface area contributed by atoms with Gasteiger partial charge in [0.15, 0.2) is 11.6 Å². The van der Waals surface area contributed by atoms with Gasteiger partial charge in [-0.15, -0.1) is 0 Å². The Morgan fingerprint density at radius 3 is 2.75 bits per heavy atom. The summed E-state index contributed by atoms with van der Waals surface area (Å²) in [4.78, 5) is 24.7. The van der Waals surface area contributed by atoms with Crippen LogP contribution in [-0.2, 0) is 4.74 Å². The third kappa shape index (κ3) is 3.04. The molecule has 1 aromatic heterocycles. The molecule has 0 radical (unpaired) electrons. The third-order valence-corrected chi connectivity index (χ3v) is 4.29. The van der Waals surface area contributed by atoms with Crippen molar-refractivity contribution in [1.82, 2.24) is 10.1 Å². The van der Waals surface area contributed by atoms with E-state index < -0.39 is 23.8 Å². The third-order valence-electron chi connectivity index (χ3n) is 4.29. The van der Waals surface area contributed by atoms with Gasteiger partial charge in [-0.3, -0.25) is 4.79 Å². The number of aromatic amines is 1. The smallest absolute Gasteiger partial charge is 0.409 e. The summed E-state index contributed by atoms with van der Waals surface area (Å²) in [6, 6.07) is 4.40. The topological polar surface area (TPSA) is 75.5 Å². The van der Waals surface area contributed by atoms with Crippen molar-refractivity contribution in [3.05, 3.63) is 57.6 Å². The minimum absolute atomic E-state index is 0.122. The van der Waals surface area contributed by atoms with Gasteiger partial charge in [-0.1, -0.05) is 6.07 Å². The minimum atomic E-state index is -0.979. The molecule has 3 rings (SSSR count). The second-order valence-electron chi connectivity index (χ2n) is 5.69. The van der Waals surface area contributed by atoms with E-state index in [1.54, 1.807) is 0 Å². The number of nitrogens with zero attached hydrogens (tertiary/aromatic N) is 1. The number of benzene rings is 1. The summed E-state index contributed by atoms with van der Waals surface area (Å²) >= 11 is 0. The Bertz CT molecular complexity index is 801. The number of piperidine rings is 1. The molecule has 2 heterocycles. The fourth-order valence-corrected chi connectivity index (χ4v) is 3.09. The minimum Gasteiger partial charge on any atom is -0.453 e. The Balaban J connectivity index is 1.93. The van der Waals surface area contributed by atoms with Gasteiger partial charge in [0.05, 0.1) is 13.2 Å². The van der Waals surface area contributed by atoms with Crippen LogP contribution < -0.4 is 5.56 Å². The van der Waals surface area contributed by atoms with Gasteiger partial charge in [0.2, 0.25) is 0 Å². The molecule has 1 aliphatic rings. The van der Waals surface area contributed by atoms with Crippen LogP contribution >= 0.6 is 0 Å². The van der Waals surface area contributed by atoms with E-state index in [0.29, 0.717) is 30.7 Å². The van der Waals surface area contributed by atoms with E-state index in [-0.39, 0.29) is 11.5 Å². The van der Waals surface area contributed by atoms with Gasteiger partial charge in [-0.2, -0.15) is 5.16 Å². The van der Waals surface area contributed by atoms with E-state index in [1.165, 1.54) is 24.1 Å². The number of aromatic nitrogens is 1. The Hall–Kier alpha value is -2.64. The molecule has 6 nitrogen and oxygen atoms in total. The highest BCUT2D eigenvalue weighted by molar-refractivity contribution is 5.68. The fraction of sp³-hybridized carbons (Fsp3) is 0.375. The van der Waals surface area contributed by atoms with Crippen LogP contribution in [0.25, 0.3) is 0 Å². The average Bonchev–Trinajstić information content (AvgIpc) is 3.02. The first-order chi connectivity index (χ1) is 11.5. The first kappa shape index (κ1) is 16.2. The number of likely N-dealkylation sites (tertiary alicyclic amines) is 1. The van der Waals surface area contributed by atoms with Crippen molar-refractivity contribution in [3.63, 3.8) is 0 Å². The summed E-state index contributed by atoms with van der Waals surface area (Å²) in [5.74, 6) is -1.57. The molecule has 0 unspecified atom stereocenters. The molecule has 1 aliphatic heterocycles. The maximum absolute atomic E-state index is 13.6. The van der Waals surface area contributed by atoms with E-state index in [9.17, 15) is 18.4 Å². The second kappa shape index (κ2) is 6.46.